The molecule has 1 heterocycles. The monoisotopic (exact) mass is 363 g/mol. The number of nitrogens with two attached hydrogens (primary N) is 1. The highest BCUT2D eigenvalue weighted by Crippen LogP contribution is 2.36. The fraction of sp³-hybridized carbons (Fsp3) is 0.222. The van der Waals surface area contributed by atoms with Crippen LogP contribution in [0.1, 0.15) is 16.7 Å². The number of benzene rings is 2. The summed E-state index contributed by atoms with van der Waals surface area (Å²) in [4.78, 5) is 26.7. The molecule has 0 aromatic heterocycles. The van der Waals surface area contributed by atoms with E-state index in [9.17, 15) is 22.8 Å². The Morgan fingerprint density at radius 3 is 2.42 bits per heavy atom. The molecule has 0 saturated heterocycles. The third-order valence-electron chi connectivity index (χ3n) is 4.37. The number of rotatable bonds is 3. The molecule has 0 radical (unpaired) electrons. The van der Waals surface area contributed by atoms with E-state index in [0.717, 1.165) is 12.1 Å². The predicted octanol–water partition coefficient (Wildman–Crippen LogP) is 3.31. The van der Waals surface area contributed by atoms with Crippen LogP contribution < -0.4 is 15.5 Å². The summed E-state index contributed by atoms with van der Waals surface area (Å²) in [6.45, 7) is 0.00181. The number of nitrogens with zero attached hydrogens (tertiary/aromatic N) is 2. The maximum atomic E-state index is 12.7. The fourth-order valence-corrected chi connectivity index (χ4v) is 2.98. The number of hydrogen-bond donors (Lipinski definition) is 1. The number of amides is 3. The van der Waals surface area contributed by atoms with E-state index < -0.39 is 17.8 Å². The van der Waals surface area contributed by atoms with Gasteiger partial charge in [0, 0.05) is 18.3 Å². The number of hydrogen-bond acceptors (Lipinski definition) is 2. The van der Waals surface area contributed by atoms with Crippen LogP contribution in [0.3, 0.4) is 0 Å². The summed E-state index contributed by atoms with van der Waals surface area (Å²) in [7, 11) is 1.64. The molecule has 0 unspecified atom stereocenters. The standard InChI is InChI=1S/C18H16F3N3O2/c1-23-14-3-2-4-15(13(14)9-16(23)25)24(17(22)26)10-11-5-7-12(8-6-11)18(19,20)21/h2-8H,9-10H2,1H3,(H2,22,26). The van der Waals surface area contributed by atoms with E-state index >= 15 is 0 Å². The maximum absolute atomic E-state index is 12.7. The molecule has 136 valence electrons. The van der Waals surface area contributed by atoms with Gasteiger partial charge in [-0.15, -0.1) is 0 Å². The van der Waals surface area contributed by atoms with E-state index in [1.807, 2.05) is 0 Å². The maximum Gasteiger partial charge on any atom is 0.416 e. The van der Waals surface area contributed by atoms with Crippen molar-refractivity contribution >= 4 is 23.3 Å². The zero-order chi connectivity index (χ0) is 19.1. The molecule has 5 nitrogen and oxygen atoms in total. The molecule has 2 aromatic carbocycles. The topological polar surface area (TPSA) is 66.6 Å². The SMILES string of the molecule is CN1C(=O)Cc2c1cccc2N(Cc1ccc(C(F)(F)F)cc1)C(N)=O. The van der Waals surface area contributed by atoms with Crippen molar-refractivity contribution in [3.8, 4) is 0 Å². The summed E-state index contributed by atoms with van der Waals surface area (Å²) in [5.41, 5.74) is 7.05. The Bertz CT molecular complexity index is 863. The van der Waals surface area contributed by atoms with E-state index in [2.05, 4.69) is 0 Å². The van der Waals surface area contributed by atoms with Gasteiger partial charge in [-0.1, -0.05) is 18.2 Å². The molecule has 3 rings (SSSR count). The van der Waals surface area contributed by atoms with Gasteiger partial charge in [0.25, 0.3) is 0 Å². The van der Waals surface area contributed by atoms with Crippen LogP contribution in [0.2, 0.25) is 0 Å². The first-order chi connectivity index (χ1) is 12.2. The van der Waals surface area contributed by atoms with Crippen LogP contribution in [0.5, 0.6) is 0 Å². The van der Waals surface area contributed by atoms with Crippen molar-refractivity contribution in [2.24, 2.45) is 5.73 Å². The number of urea groups is 1. The Morgan fingerprint density at radius 1 is 1.19 bits per heavy atom. The number of likely N-dealkylation sites (N-methyl/N-ethyl adjacent to an activating group) is 1. The van der Waals surface area contributed by atoms with E-state index in [-0.39, 0.29) is 18.9 Å². The number of carbonyl (C=O) groups is 2. The molecule has 3 amide bonds. The highest BCUT2D eigenvalue weighted by molar-refractivity contribution is 6.04. The van der Waals surface area contributed by atoms with Crippen molar-refractivity contribution in [2.75, 3.05) is 16.8 Å². The molecule has 0 bridgehead atoms. The zero-order valence-electron chi connectivity index (χ0n) is 13.9. The Hall–Kier alpha value is -3.03. The summed E-state index contributed by atoms with van der Waals surface area (Å²) < 4.78 is 38.0. The second-order valence-electron chi connectivity index (χ2n) is 6.02. The smallest absolute Gasteiger partial charge is 0.351 e. The molecule has 0 fully saturated rings. The number of alkyl halides is 3. The van der Waals surface area contributed by atoms with Crippen LogP contribution in [-0.4, -0.2) is 19.0 Å². The van der Waals surface area contributed by atoms with Gasteiger partial charge in [-0.3, -0.25) is 9.69 Å². The number of primary amides is 1. The van der Waals surface area contributed by atoms with Crippen LogP contribution in [0, 0.1) is 0 Å². The molecule has 2 N–H and O–H groups in total. The van der Waals surface area contributed by atoms with Gasteiger partial charge in [-0.25, -0.2) is 4.79 Å². The number of halogens is 3. The molecule has 26 heavy (non-hydrogen) atoms. The minimum atomic E-state index is -4.42. The van der Waals surface area contributed by atoms with E-state index in [0.29, 0.717) is 22.5 Å². The van der Waals surface area contributed by atoms with Crippen molar-refractivity contribution in [2.45, 2.75) is 19.1 Å². The van der Waals surface area contributed by atoms with Gasteiger partial charge < -0.3 is 10.6 Å². The van der Waals surface area contributed by atoms with Crippen molar-refractivity contribution in [1.29, 1.82) is 0 Å². The van der Waals surface area contributed by atoms with Crippen LogP contribution in [0.4, 0.5) is 29.3 Å². The Morgan fingerprint density at radius 2 is 1.85 bits per heavy atom. The Kier molecular flexibility index (Phi) is 4.35. The molecule has 0 spiro atoms. The summed E-state index contributed by atoms with van der Waals surface area (Å²) in [6.07, 6.45) is -4.29. The second kappa shape index (κ2) is 6.36. The first-order valence-corrected chi connectivity index (χ1v) is 7.80. The molecule has 0 aliphatic carbocycles. The van der Waals surface area contributed by atoms with Crippen molar-refractivity contribution in [1.82, 2.24) is 0 Å². The van der Waals surface area contributed by atoms with Crippen molar-refractivity contribution in [3.63, 3.8) is 0 Å². The molecule has 0 atom stereocenters. The zero-order valence-corrected chi connectivity index (χ0v) is 13.9. The van der Waals surface area contributed by atoms with Crippen molar-refractivity contribution < 1.29 is 22.8 Å². The predicted molar refractivity (Wildman–Crippen MR) is 90.8 cm³/mol. The molecule has 8 heteroatoms. The highest BCUT2D eigenvalue weighted by atomic mass is 19.4. The second-order valence-corrected chi connectivity index (χ2v) is 6.02. The Balaban J connectivity index is 1.93. The first-order valence-electron chi connectivity index (χ1n) is 7.80. The summed E-state index contributed by atoms with van der Waals surface area (Å²) in [6, 6.07) is 8.91. The number of anilines is 2. The highest BCUT2D eigenvalue weighted by Gasteiger charge is 2.31. The third kappa shape index (κ3) is 3.22. The van der Waals surface area contributed by atoms with Gasteiger partial charge >= 0.3 is 12.2 Å². The molecular weight excluding hydrogens is 347 g/mol. The van der Waals surface area contributed by atoms with E-state index in [4.69, 9.17) is 5.73 Å². The van der Waals surface area contributed by atoms with E-state index in [1.54, 1.807) is 25.2 Å². The number of carbonyl (C=O) groups excluding carboxylic acids is 2. The molecule has 1 aliphatic rings. The quantitative estimate of drug-likeness (QED) is 0.909. The van der Waals surface area contributed by atoms with Gasteiger partial charge in [0.2, 0.25) is 5.91 Å². The fourth-order valence-electron chi connectivity index (χ4n) is 2.98. The molecule has 2 aromatic rings. The molecule has 1 aliphatic heterocycles. The normalized spacial score (nSPS) is 13.7. The van der Waals surface area contributed by atoms with Crippen LogP contribution >= 0.6 is 0 Å². The lowest BCUT2D eigenvalue weighted by Crippen LogP contribution is -2.35. The summed E-state index contributed by atoms with van der Waals surface area (Å²) in [5, 5.41) is 0. The minimum Gasteiger partial charge on any atom is -0.351 e. The average molecular weight is 363 g/mol. The largest absolute Gasteiger partial charge is 0.416 e. The lowest BCUT2D eigenvalue weighted by Gasteiger charge is -2.23. The van der Waals surface area contributed by atoms with Gasteiger partial charge in [0.1, 0.15) is 0 Å². The van der Waals surface area contributed by atoms with Crippen LogP contribution in [-0.2, 0) is 23.9 Å². The lowest BCUT2D eigenvalue weighted by molar-refractivity contribution is -0.137. The van der Waals surface area contributed by atoms with Crippen LogP contribution in [0.15, 0.2) is 42.5 Å². The summed E-state index contributed by atoms with van der Waals surface area (Å²) in [5.74, 6) is -0.105. The van der Waals surface area contributed by atoms with Gasteiger partial charge in [-0.2, -0.15) is 13.2 Å². The number of fused-ring (bicyclic) bond motifs is 1. The summed E-state index contributed by atoms with van der Waals surface area (Å²) >= 11 is 0. The van der Waals surface area contributed by atoms with Crippen LogP contribution in [0.25, 0.3) is 0 Å². The van der Waals surface area contributed by atoms with E-state index in [1.165, 1.54) is 21.9 Å². The Labute approximate surface area is 147 Å². The third-order valence-corrected chi connectivity index (χ3v) is 4.37. The van der Waals surface area contributed by atoms with Gasteiger partial charge in [-0.05, 0) is 29.8 Å². The van der Waals surface area contributed by atoms with Gasteiger partial charge in [0.15, 0.2) is 0 Å². The lowest BCUT2D eigenvalue weighted by atomic mass is 10.1. The average Bonchev–Trinajstić information content (AvgIpc) is 2.87. The first kappa shape index (κ1) is 17.8. The molecule has 0 saturated carbocycles. The minimum absolute atomic E-state index is 0.00181. The molecular formula is C18H16F3N3O2. The van der Waals surface area contributed by atoms with Crippen molar-refractivity contribution in [3.05, 3.63) is 59.2 Å². The van der Waals surface area contributed by atoms with Gasteiger partial charge in [0.05, 0.1) is 24.2 Å².